The summed E-state index contributed by atoms with van der Waals surface area (Å²) in [7, 11) is 0. The van der Waals surface area contributed by atoms with E-state index in [4.69, 9.17) is 9.47 Å². The molecule has 0 bridgehead atoms. The van der Waals surface area contributed by atoms with Gasteiger partial charge in [-0.2, -0.15) is 0 Å². The third-order valence-electron chi connectivity index (χ3n) is 4.46. The Hall–Kier alpha value is -1.26. The maximum Gasteiger partial charge on any atom is 0.508 e. The molecule has 0 radical (unpaired) electrons. The Morgan fingerprint density at radius 1 is 1.15 bits per heavy atom. The van der Waals surface area contributed by atoms with Crippen LogP contribution in [0.1, 0.15) is 48.5 Å². The Bertz CT molecular complexity index is 372. The van der Waals surface area contributed by atoms with E-state index >= 15 is 0 Å². The molecular weight excluding hydrogens is 260 g/mol. The monoisotopic (exact) mass is 286 g/mol. The molecule has 0 aromatic rings. The fourth-order valence-electron chi connectivity index (χ4n) is 2.50. The molecule has 0 amide bonds. The highest BCUT2D eigenvalue weighted by Gasteiger charge is 2.53. The smallest absolute Gasteiger partial charge is 0.461 e. The van der Waals surface area contributed by atoms with Gasteiger partial charge in [0.15, 0.2) is 6.10 Å². The van der Waals surface area contributed by atoms with E-state index < -0.39 is 17.7 Å². The second kappa shape index (κ2) is 5.26. The number of carbonyl (C=O) groups is 2. The molecule has 1 unspecified atom stereocenters. The molecule has 1 atom stereocenters. The Morgan fingerprint density at radius 2 is 1.65 bits per heavy atom. The van der Waals surface area contributed by atoms with Crippen molar-refractivity contribution in [3.8, 4) is 0 Å². The number of carbonyl (C=O) groups excluding carboxylic acids is 2. The fourth-order valence-corrected chi connectivity index (χ4v) is 2.50. The summed E-state index contributed by atoms with van der Waals surface area (Å²) in [6, 6.07) is 0. The van der Waals surface area contributed by atoms with Crippen molar-refractivity contribution in [1.82, 2.24) is 0 Å². The second-order valence-electron chi connectivity index (χ2n) is 7.52. The van der Waals surface area contributed by atoms with Gasteiger partial charge in [0.2, 0.25) is 0 Å². The molecule has 1 fully saturated rings. The van der Waals surface area contributed by atoms with Crippen LogP contribution >= 0.6 is 0 Å². The van der Waals surface area contributed by atoms with Gasteiger partial charge in [0.25, 0.3) is 0 Å². The lowest BCUT2D eigenvalue weighted by atomic mass is 9.55. The van der Waals surface area contributed by atoms with Gasteiger partial charge in [0, 0.05) is 0 Å². The van der Waals surface area contributed by atoms with Gasteiger partial charge in [-0.25, -0.2) is 4.79 Å². The molecule has 0 spiro atoms. The van der Waals surface area contributed by atoms with Gasteiger partial charge in [-0.1, -0.05) is 41.5 Å². The topological polar surface area (TPSA) is 61.8 Å². The summed E-state index contributed by atoms with van der Waals surface area (Å²) in [5.41, 5.74) is -1.18. The van der Waals surface area contributed by atoms with E-state index in [1.807, 2.05) is 48.5 Å². The van der Waals surface area contributed by atoms with Crippen molar-refractivity contribution in [1.29, 1.82) is 0 Å². The average Bonchev–Trinajstić information content (AvgIpc) is 2.67. The number of esters is 1. The minimum absolute atomic E-state index is 0.0341. The SMILES string of the molecule is CC(C)(C)C(C)(C(=O)OCC1COC(=O)O1)C(C)(C)C. The van der Waals surface area contributed by atoms with Crippen LogP contribution in [-0.2, 0) is 19.0 Å². The van der Waals surface area contributed by atoms with E-state index in [1.165, 1.54) is 0 Å². The summed E-state index contributed by atoms with van der Waals surface area (Å²) in [5.74, 6) is -0.277. The van der Waals surface area contributed by atoms with Gasteiger partial charge < -0.3 is 14.2 Å². The number of ether oxygens (including phenoxy) is 3. The highest BCUT2D eigenvalue weighted by molar-refractivity contribution is 5.78. The molecule has 20 heavy (non-hydrogen) atoms. The Balaban J connectivity index is 2.78. The van der Waals surface area contributed by atoms with Crippen LogP contribution in [0, 0.1) is 16.2 Å². The Kier molecular flexibility index (Phi) is 4.42. The highest BCUT2D eigenvalue weighted by Crippen LogP contribution is 2.52. The zero-order chi connectivity index (χ0) is 15.8. The lowest BCUT2D eigenvalue weighted by molar-refractivity contribution is -0.175. The zero-order valence-electron chi connectivity index (χ0n) is 13.5. The van der Waals surface area contributed by atoms with Crippen LogP contribution in [0.5, 0.6) is 0 Å². The van der Waals surface area contributed by atoms with Crippen molar-refractivity contribution in [2.75, 3.05) is 13.2 Å². The molecular formula is C15H26O5. The molecule has 116 valence electrons. The molecule has 0 aromatic heterocycles. The normalized spacial score (nSPS) is 20.4. The summed E-state index contributed by atoms with van der Waals surface area (Å²) in [5, 5.41) is 0. The van der Waals surface area contributed by atoms with Gasteiger partial charge >= 0.3 is 12.1 Å². The molecule has 1 heterocycles. The fraction of sp³-hybridized carbons (Fsp3) is 0.867. The maximum atomic E-state index is 12.6. The van der Waals surface area contributed by atoms with E-state index in [0.29, 0.717) is 0 Å². The number of rotatable bonds is 3. The molecule has 0 saturated carbocycles. The first kappa shape index (κ1) is 16.8. The third-order valence-corrected chi connectivity index (χ3v) is 4.46. The average molecular weight is 286 g/mol. The summed E-state index contributed by atoms with van der Waals surface area (Å²) in [6.07, 6.45) is -1.21. The standard InChI is InChI=1S/C15H26O5/c1-13(2,3)15(7,14(4,5)6)11(16)18-8-10-9-19-12(17)20-10/h10H,8-9H2,1-7H3. The van der Waals surface area contributed by atoms with E-state index in [1.54, 1.807) is 0 Å². The summed E-state index contributed by atoms with van der Waals surface area (Å²) >= 11 is 0. The first-order chi connectivity index (χ1) is 8.89. The minimum atomic E-state index is -0.708. The maximum absolute atomic E-state index is 12.6. The largest absolute Gasteiger partial charge is 0.508 e. The molecule has 5 heteroatoms. The number of hydrogen-bond donors (Lipinski definition) is 0. The van der Waals surface area contributed by atoms with Crippen LogP contribution in [0.4, 0.5) is 4.79 Å². The minimum Gasteiger partial charge on any atom is -0.461 e. The van der Waals surface area contributed by atoms with Gasteiger partial charge in [-0.05, 0) is 17.8 Å². The predicted octanol–water partition coefficient (Wildman–Crippen LogP) is 3.16. The quantitative estimate of drug-likeness (QED) is 0.746. The van der Waals surface area contributed by atoms with Crippen molar-refractivity contribution >= 4 is 12.1 Å². The summed E-state index contributed by atoms with van der Waals surface area (Å²) in [6.45, 7) is 14.2. The van der Waals surface area contributed by atoms with Crippen LogP contribution in [0.15, 0.2) is 0 Å². The van der Waals surface area contributed by atoms with Gasteiger partial charge in [0.05, 0.1) is 5.41 Å². The highest BCUT2D eigenvalue weighted by atomic mass is 16.8. The van der Waals surface area contributed by atoms with Crippen molar-refractivity contribution < 1.29 is 23.8 Å². The zero-order valence-corrected chi connectivity index (χ0v) is 13.5. The van der Waals surface area contributed by atoms with Crippen LogP contribution in [0.25, 0.3) is 0 Å². The molecule has 1 aliphatic heterocycles. The summed E-state index contributed by atoms with van der Waals surface area (Å²) in [4.78, 5) is 23.4. The number of cyclic esters (lactones) is 2. The van der Waals surface area contributed by atoms with Crippen LogP contribution in [0.2, 0.25) is 0 Å². The van der Waals surface area contributed by atoms with Gasteiger partial charge in [-0.15, -0.1) is 0 Å². The van der Waals surface area contributed by atoms with Crippen LogP contribution in [-0.4, -0.2) is 31.4 Å². The van der Waals surface area contributed by atoms with Crippen molar-refractivity contribution in [3.05, 3.63) is 0 Å². The Labute approximate surface area is 121 Å². The summed E-state index contributed by atoms with van der Waals surface area (Å²) < 4.78 is 14.9. The van der Waals surface area contributed by atoms with Crippen LogP contribution in [0.3, 0.4) is 0 Å². The molecule has 1 rings (SSSR count). The van der Waals surface area contributed by atoms with E-state index in [0.717, 1.165) is 0 Å². The first-order valence-electron chi connectivity index (χ1n) is 6.90. The second-order valence-corrected chi connectivity index (χ2v) is 7.52. The van der Waals surface area contributed by atoms with Crippen LogP contribution < -0.4 is 0 Å². The molecule has 1 saturated heterocycles. The van der Waals surface area contributed by atoms with Crippen molar-refractivity contribution in [2.45, 2.75) is 54.6 Å². The van der Waals surface area contributed by atoms with Crippen molar-refractivity contribution in [3.63, 3.8) is 0 Å². The molecule has 5 nitrogen and oxygen atoms in total. The molecule has 1 aliphatic rings. The van der Waals surface area contributed by atoms with Gasteiger partial charge in [-0.3, -0.25) is 4.79 Å². The molecule has 0 N–H and O–H groups in total. The third kappa shape index (κ3) is 3.07. The molecule has 0 aromatic carbocycles. The van der Waals surface area contributed by atoms with E-state index in [9.17, 15) is 9.59 Å². The number of hydrogen-bond acceptors (Lipinski definition) is 5. The van der Waals surface area contributed by atoms with E-state index in [2.05, 4.69) is 4.74 Å². The first-order valence-corrected chi connectivity index (χ1v) is 6.90. The van der Waals surface area contributed by atoms with Crippen molar-refractivity contribution in [2.24, 2.45) is 16.2 Å². The van der Waals surface area contributed by atoms with Gasteiger partial charge in [0.1, 0.15) is 13.2 Å². The lowest BCUT2D eigenvalue weighted by Gasteiger charge is -2.48. The Morgan fingerprint density at radius 3 is 2.00 bits per heavy atom. The predicted molar refractivity (Wildman–Crippen MR) is 74.2 cm³/mol. The molecule has 0 aliphatic carbocycles. The van der Waals surface area contributed by atoms with E-state index in [-0.39, 0.29) is 30.0 Å². The lowest BCUT2D eigenvalue weighted by Crippen LogP contribution is -2.51.